The molecule has 190 valence electrons. The molecule has 35 heavy (non-hydrogen) atoms. The number of hydrogen-bond acceptors (Lipinski definition) is 10. The van der Waals surface area contributed by atoms with Crippen LogP contribution >= 0.6 is 11.8 Å². The highest BCUT2D eigenvalue weighted by Crippen LogP contribution is 2.33. The molecular formula is C21H26F3N7O3S. The first-order valence-corrected chi connectivity index (χ1v) is 11.4. The largest absolute Gasteiger partial charge is 0.573 e. The van der Waals surface area contributed by atoms with Gasteiger partial charge < -0.3 is 30.3 Å². The van der Waals surface area contributed by atoms with Crippen molar-refractivity contribution in [3.05, 3.63) is 23.8 Å². The SMILES string of the molecule is CSc1nc(N)nc(N(C)[C@@H](C)C(=O)Nc2cc(OC(F)(F)F)ccc2OCCN(C)C)c1C#N. The number of ether oxygens (including phenoxy) is 2. The van der Waals surface area contributed by atoms with Crippen molar-refractivity contribution in [2.45, 2.75) is 24.4 Å². The van der Waals surface area contributed by atoms with Crippen LogP contribution in [0.1, 0.15) is 12.5 Å². The van der Waals surface area contributed by atoms with Gasteiger partial charge in [-0.25, -0.2) is 4.98 Å². The summed E-state index contributed by atoms with van der Waals surface area (Å²) >= 11 is 1.20. The molecule has 1 atom stereocenters. The summed E-state index contributed by atoms with van der Waals surface area (Å²) in [6, 6.07) is 4.51. The topological polar surface area (TPSA) is 130 Å². The van der Waals surface area contributed by atoms with Gasteiger partial charge in [-0.1, -0.05) is 0 Å². The zero-order chi connectivity index (χ0) is 26.3. The lowest BCUT2D eigenvalue weighted by Crippen LogP contribution is -2.40. The Kier molecular flexibility index (Phi) is 9.38. The highest BCUT2D eigenvalue weighted by molar-refractivity contribution is 7.98. The first-order valence-electron chi connectivity index (χ1n) is 10.2. The van der Waals surface area contributed by atoms with E-state index in [9.17, 15) is 23.2 Å². The molecule has 10 nitrogen and oxygen atoms in total. The van der Waals surface area contributed by atoms with Crippen molar-refractivity contribution in [3.8, 4) is 17.6 Å². The number of hydrogen-bond donors (Lipinski definition) is 2. The lowest BCUT2D eigenvalue weighted by molar-refractivity contribution is -0.274. The molecule has 0 aliphatic carbocycles. The highest BCUT2D eigenvalue weighted by atomic mass is 32.2. The van der Waals surface area contributed by atoms with Crippen molar-refractivity contribution >= 4 is 35.1 Å². The first-order chi connectivity index (χ1) is 16.4. The average molecular weight is 514 g/mol. The Morgan fingerprint density at radius 2 is 2.00 bits per heavy atom. The minimum atomic E-state index is -4.91. The van der Waals surface area contributed by atoms with Crippen LogP contribution in [0.5, 0.6) is 11.5 Å². The molecule has 2 aromatic rings. The summed E-state index contributed by atoms with van der Waals surface area (Å²) in [7, 11) is 5.21. The summed E-state index contributed by atoms with van der Waals surface area (Å²) in [5.41, 5.74) is 5.88. The van der Waals surface area contributed by atoms with Crippen molar-refractivity contribution in [1.29, 1.82) is 5.26 Å². The van der Waals surface area contributed by atoms with Crippen LogP contribution in [0.4, 0.5) is 30.6 Å². The molecule has 1 aromatic heterocycles. The number of nitrogens with one attached hydrogen (secondary N) is 1. The highest BCUT2D eigenvalue weighted by Gasteiger charge is 2.32. The molecule has 0 radical (unpaired) electrons. The van der Waals surface area contributed by atoms with Gasteiger partial charge in [0.25, 0.3) is 0 Å². The fraction of sp³-hybridized carbons (Fsp3) is 0.429. The van der Waals surface area contributed by atoms with Crippen LogP contribution in [0, 0.1) is 11.3 Å². The van der Waals surface area contributed by atoms with Crippen LogP contribution < -0.4 is 25.4 Å². The van der Waals surface area contributed by atoms with Crippen molar-refractivity contribution in [2.75, 3.05) is 56.5 Å². The number of benzene rings is 1. The van der Waals surface area contributed by atoms with Gasteiger partial charge in [0.15, 0.2) is 5.82 Å². The van der Waals surface area contributed by atoms with Gasteiger partial charge in [0.1, 0.15) is 40.8 Å². The van der Waals surface area contributed by atoms with E-state index < -0.39 is 24.1 Å². The van der Waals surface area contributed by atoms with E-state index in [0.29, 0.717) is 11.6 Å². The fourth-order valence-electron chi connectivity index (χ4n) is 2.81. The Bertz CT molecular complexity index is 1090. The molecule has 0 saturated carbocycles. The van der Waals surface area contributed by atoms with Gasteiger partial charge in [-0.05, 0) is 39.4 Å². The number of nitriles is 1. The summed E-state index contributed by atoms with van der Waals surface area (Å²) in [5, 5.41) is 12.5. The third-order valence-electron chi connectivity index (χ3n) is 4.71. The summed E-state index contributed by atoms with van der Waals surface area (Å²) in [5.74, 6) is -0.882. The molecule has 3 N–H and O–H groups in total. The van der Waals surface area contributed by atoms with Gasteiger partial charge in [-0.3, -0.25) is 4.79 Å². The molecule has 1 aromatic carbocycles. The molecule has 0 unspecified atom stereocenters. The van der Waals surface area contributed by atoms with E-state index in [1.807, 2.05) is 25.1 Å². The molecule has 0 saturated heterocycles. The van der Waals surface area contributed by atoms with Gasteiger partial charge >= 0.3 is 6.36 Å². The molecule has 0 aliphatic heterocycles. The van der Waals surface area contributed by atoms with E-state index in [-0.39, 0.29) is 35.4 Å². The quantitative estimate of drug-likeness (QED) is 0.361. The first kappa shape index (κ1) is 27.8. The smallest absolute Gasteiger partial charge is 0.490 e. The van der Waals surface area contributed by atoms with Gasteiger partial charge in [0.2, 0.25) is 11.9 Å². The molecule has 1 amide bonds. The predicted molar refractivity (Wildman–Crippen MR) is 127 cm³/mol. The Labute approximate surface area is 205 Å². The fourth-order valence-corrected chi connectivity index (χ4v) is 3.34. The summed E-state index contributed by atoms with van der Waals surface area (Å²) < 4.78 is 47.8. The van der Waals surface area contributed by atoms with Gasteiger partial charge in [0.05, 0.1) is 5.69 Å². The zero-order valence-corrected chi connectivity index (χ0v) is 20.6. The number of nitrogens with two attached hydrogens (primary N) is 1. The van der Waals surface area contributed by atoms with E-state index in [1.54, 1.807) is 6.26 Å². The summed E-state index contributed by atoms with van der Waals surface area (Å²) in [6.07, 6.45) is -3.19. The lowest BCUT2D eigenvalue weighted by Gasteiger charge is -2.26. The third-order valence-corrected chi connectivity index (χ3v) is 5.39. The average Bonchev–Trinajstić information content (AvgIpc) is 2.77. The normalized spacial score (nSPS) is 12.1. The summed E-state index contributed by atoms with van der Waals surface area (Å²) in [4.78, 5) is 24.5. The van der Waals surface area contributed by atoms with Crippen LogP contribution in [-0.2, 0) is 4.79 Å². The van der Waals surface area contributed by atoms with Crippen molar-refractivity contribution in [2.24, 2.45) is 0 Å². The molecule has 14 heteroatoms. The minimum absolute atomic E-state index is 0.0109. The predicted octanol–water partition coefficient (Wildman–Crippen LogP) is 2.95. The van der Waals surface area contributed by atoms with Crippen LogP contribution in [0.25, 0.3) is 0 Å². The molecule has 0 aliphatic rings. The molecule has 0 fully saturated rings. The Balaban J connectivity index is 2.33. The summed E-state index contributed by atoms with van der Waals surface area (Å²) in [6.45, 7) is 2.31. The van der Waals surface area contributed by atoms with Crippen molar-refractivity contribution in [3.63, 3.8) is 0 Å². The second-order valence-electron chi connectivity index (χ2n) is 7.54. The zero-order valence-electron chi connectivity index (χ0n) is 19.8. The number of carbonyl (C=O) groups is 1. The monoisotopic (exact) mass is 513 g/mol. The van der Waals surface area contributed by atoms with E-state index in [0.717, 1.165) is 12.1 Å². The van der Waals surface area contributed by atoms with Gasteiger partial charge in [0, 0.05) is 19.7 Å². The number of nitrogen functional groups attached to an aromatic ring is 1. The molecule has 1 heterocycles. The molecule has 0 spiro atoms. The Morgan fingerprint density at radius 3 is 2.57 bits per heavy atom. The standard InChI is InChI=1S/C21H26F3N7O3S/c1-12(31(4)17-14(11-25)19(35-5)29-20(26)28-17)18(32)27-15-10-13(34-21(22,23)24)6-7-16(15)33-9-8-30(2)3/h6-7,10,12H,8-9H2,1-5H3,(H,27,32)(H2,26,28,29)/t12-/m0/s1. The number of thioether (sulfide) groups is 1. The van der Waals surface area contributed by atoms with Crippen LogP contribution in [-0.4, -0.2) is 73.7 Å². The van der Waals surface area contributed by atoms with Crippen molar-refractivity contribution < 1.29 is 27.4 Å². The maximum absolute atomic E-state index is 13.1. The van der Waals surface area contributed by atoms with Gasteiger partial charge in [-0.15, -0.1) is 24.9 Å². The van der Waals surface area contributed by atoms with Crippen LogP contribution in [0.3, 0.4) is 0 Å². The molecule has 0 bridgehead atoms. The number of alkyl halides is 3. The number of amides is 1. The van der Waals surface area contributed by atoms with Crippen LogP contribution in [0.15, 0.2) is 23.2 Å². The van der Waals surface area contributed by atoms with E-state index in [4.69, 9.17) is 10.5 Å². The number of anilines is 3. The third kappa shape index (κ3) is 7.79. The van der Waals surface area contributed by atoms with Gasteiger partial charge in [-0.2, -0.15) is 10.2 Å². The number of likely N-dealkylation sites (N-methyl/N-ethyl adjacent to an activating group) is 2. The second kappa shape index (κ2) is 11.8. The molecule has 2 rings (SSSR count). The van der Waals surface area contributed by atoms with Crippen LogP contribution in [0.2, 0.25) is 0 Å². The Hall–Kier alpha value is -3.44. The number of carbonyl (C=O) groups excluding carboxylic acids is 1. The van der Waals surface area contributed by atoms with E-state index in [2.05, 4.69) is 20.0 Å². The maximum Gasteiger partial charge on any atom is 0.573 e. The Morgan fingerprint density at radius 1 is 1.31 bits per heavy atom. The number of aromatic nitrogens is 2. The molecular weight excluding hydrogens is 487 g/mol. The van der Waals surface area contributed by atoms with Crippen molar-refractivity contribution in [1.82, 2.24) is 14.9 Å². The minimum Gasteiger partial charge on any atom is -0.490 e. The number of nitrogens with zero attached hydrogens (tertiary/aromatic N) is 5. The number of rotatable bonds is 10. The lowest BCUT2D eigenvalue weighted by atomic mass is 10.2. The van der Waals surface area contributed by atoms with E-state index >= 15 is 0 Å². The van der Waals surface area contributed by atoms with E-state index in [1.165, 1.54) is 36.7 Å². The second-order valence-corrected chi connectivity index (χ2v) is 8.33. The maximum atomic E-state index is 13.1. The number of halogens is 3.